The SMILES string of the molecule is Nc1cc(-c2nc(-c3ccc(O)c(F)c3)no2)ccc1Br. The number of hydrogen-bond acceptors (Lipinski definition) is 5. The Morgan fingerprint density at radius 2 is 1.90 bits per heavy atom. The summed E-state index contributed by atoms with van der Waals surface area (Å²) in [6.07, 6.45) is 0. The molecule has 0 atom stereocenters. The monoisotopic (exact) mass is 349 g/mol. The van der Waals surface area contributed by atoms with Crippen LogP contribution >= 0.6 is 15.9 Å². The highest BCUT2D eigenvalue weighted by molar-refractivity contribution is 9.10. The molecule has 0 radical (unpaired) electrons. The van der Waals surface area contributed by atoms with Gasteiger partial charge in [-0.05, 0) is 52.3 Å². The van der Waals surface area contributed by atoms with Gasteiger partial charge in [-0.3, -0.25) is 0 Å². The number of nitrogen functional groups attached to an aromatic ring is 1. The molecule has 7 heteroatoms. The molecule has 2 aromatic carbocycles. The molecule has 0 aliphatic carbocycles. The zero-order valence-electron chi connectivity index (χ0n) is 10.5. The molecule has 3 aromatic rings. The average molecular weight is 350 g/mol. The minimum Gasteiger partial charge on any atom is -0.505 e. The minimum atomic E-state index is -0.744. The highest BCUT2D eigenvalue weighted by Gasteiger charge is 2.13. The van der Waals surface area contributed by atoms with Crippen LogP contribution in [0.2, 0.25) is 0 Å². The van der Waals surface area contributed by atoms with Crippen molar-refractivity contribution in [2.24, 2.45) is 0 Å². The Hall–Kier alpha value is -2.41. The van der Waals surface area contributed by atoms with Crippen molar-refractivity contribution in [1.29, 1.82) is 0 Å². The number of hydrogen-bond donors (Lipinski definition) is 2. The Bertz CT molecular complexity index is 754. The van der Waals surface area contributed by atoms with Gasteiger partial charge < -0.3 is 15.4 Å². The summed E-state index contributed by atoms with van der Waals surface area (Å²) in [5, 5.41) is 13.0. The molecule has 1 heterocycles. The maximum absolute atomic E-state index is 13.3. The minimum absolute atomic E-state index is 0.227. The first-order valence-corrected chi connectivity index (χ1v) is 6.72. The van der Waals surface area contributed by atoms with E-state index in [1.54, 1.807) is 18.2 Å². The van der Waals surface area contributed by atoms with E-state index in [1.165, 1.54) is 12.1 Å². The highest BCUT2D eigenvalue weighted by atomic mass is 79.9. The molecule has 3 N–H and O–H groups in total. The van der Waals surface area contributed by atoms with Gasteiger partial charge in [-0.15, -0.1) is 0 Å². The number of halogens is 2. The number of phenols is 1. The number of phenolic OH excluding ortho intramolecular Hbond substituents is 1. The maximum Gasteiger partial charge on any atom is 0.258 e. The van der Waals surface area contributed by atoms with Gasteiger partial charge in [0.15, 0.2) is 11.6 Å². The Morgan fingerprint density at radius 1 is 1.14 bits per heavy atom. The van der Waals surface area contributed by atoms with E-state index in [0.29, 0.717) is 16.8 Å². The standard InChI is InChI=1S/C14H9BrFN3O2/c15-9-3-1-8(6-11(9)17)14-18-13(19-21-14)7-2-4-12(20)10(16)5-7/h1-6,20H,17H2. The second kappa shape index (κ2) is 5.17. The largest absolute Gasteiger partial charge is 0.505 e. The van der Waals surface area contributed by atoms with E-state index in [2.05, 4.69) is 26.1 Å². The summed E-state index contributed by atoms with van der Waals surface area (Å²) in [5.41, 5.74) is 7.41. The summed E-state index contributed by atoms with van der Waals surface area (Å²) in [6.45, 7) is 0. The van der Waals surface area contributed by atoms with Crippen LogP contribution in [0.4, 0.5) is 10.1 Å². The van der Waals surface area contributed by atoms with Crippen molar-refractivity contribution in [3.05, 3.63) is 46.7 Å². The van der Waals surface area contributed by atoms with Gasteiger partial charge in [-0.2, -0.15) is 4.98 Å². The third kappa shape index (κ3) is 2.59. The van der Waals surface area contributed by atoms with Gasteiger partial charge in [0.1, 0.15) is 0 Å². The van der Waals surface area contributed by atoms with Crippen LogP contribution in [-0.4, -0.2) is 15.2 Å². The summed E-state index contributed by atoms with van der Waals surface area (Å²) in [7, 11) is 0. The summed E-state index contributed by atoms with van der Waals surface area (Å²) in [6, 6.07) is 9.11. The number of benzene rings is 2. The van der Waals surface area contributed by atoms with Crippen LogP contribution in [0.15, 0.2) is 45.4 Å². The van der Waals surface area contributed by atoms with Gasteiger partial charge in [0.05, 0.1) is 0 Å². The molecule has 1 aromatic heterocycles. The summed E-state index contributed by atoms with van der Waals surface area (Å²) in [5.74, 6) is -0.669. The van der Waals surface area contributed by atoms with Crippen molar-refractivity contribution in [3.8, 4) is 28.6 Å². The Labute approximate surface area is 127 Å². The van der Waals surface area contributed by atoms with Crippen LogP contribution in [0, 0.1) is 5.82 Å². The lowest BCUT2D eigenvalue weighted by Crippen LogP contribution is -1.88. The second-order valence-corrected chi connectivity index (χ2v) is 5.18. The van der Waals surface area contributed by atoms with E-state index in [1.807, 2.05) is 0 Å². The molecule has 21 heavy (non-hydrogen) atoms. The first kappa shape index (κ1) is 13.6. The van der Waals surface area contributed by atoms with Crippen LogP contribution in [0.3, 0.4) is 0 Å². The molecular weight excluding hydrogens is 341 g/mol. The lowest BCUT2D eigenvalue weighted by atomic mass is 10.2. The zero-order chi connectivity index (χ0) is 15.0. The van der Waals surface area contributed by atoms with Crippen molar-refractivity contribution >= 4 is 21.6 Å². The first-order chi connectivity index (χ1) is 10.0. The fourth-order valence-corrected chi connectivity index (χ4v) is 2.03. The van der Waals surface area contributed by atoms with E-state index in [9.17, 15) is 9.50 Å². The van der Waals surface area contributed by atoms with Crippen molar-refractivity contribution in [3.63, 3.8) is 0 Å². The zero-order valence-corrected chi connectivity index (χ0v) is 12.1. The van der Waals surface area contributed by atoms with Crippen LogP contribution in [0.5, 0.6) is 5.75 Å². The number of nitrogens with zero attached hydrogens (tertiary/aromatic N) is 2. The third-order valence-corrected chi connectivity index (χ3v) is 3.60. The molecule has 0 aliphatic rings. The summed E-state index contributed by atoms with van der Waals surface area (Å²) < 4.78 is 19.3. The normalized spacial score (nSPS) is 10.8. The molecule has 0 saturated carbocycles. The van der Waals surface area contributed by atoms with Gasteiger partial charge >= 0.3 is 0 Å². The molecule has 0 amide bonds. The number of anilines is 1. The molecule has 0 bridgehead atoms. The van der Waals surface area contributed by atoms with Crippen molar-refractivity contribution in [2.75, 3.05) is 5.73 Å². The quantitative estimate of drug-likeness (QED) is 0.690. The molecule has 5 nitrogen and oxygen atoms in total. The van der Waals surface area contributed by atoms with Crippen LogP contribution in [-0.2, 0) is 0 Å². The van der Waals surface area contributed by atoms with Crippen molar-refractivity contribution < 1.29 is 14.0 Å². The third-order valence-electron chi connectivity index (χ3n) is 2.87. The molecule has 106 valence electrons. The van der Waals surface area contributed by atoms with Crippen molar-refractivity contribution in [1.82, 2.24) is 10.1 Å². The fourth-order valence-electron chi connectivity index (χ4n) is 1.78. The molecule has 3 rings (SSSR count). The lowest BCUT2D eigenvalue weighted by molar-refractivity contribution is 0.430. The molecular formula is C14H9BrFN3O2. The van der Waals surface area contributed by atoms with E-state index in [0.717, 1.165) is 10.5 Å². The number of nitrogens with two attached hydrogens (primary N) is 1. The molecule has 0 aliphatic heterocycles. The first-order valence-electron chi connectivity index (χ1n) is 5.92. The Balaban J connectivity index is 1.99. The van der Waals surface area contributed by atoms with Crippen LogP contribution in [0.1, 0.15) is 0 Å². The Kier molecular flexibility index (Phi) is 3.34. The second-order valence-electron chi connectivity index (χ2n) is 4.33. The number of aromatic nitrogens is 2. The van der Waals surface area contributed by atoms with Crippen LogP contribution in [0.25, 0.3) is 22.8 Å². The molecule has 0 fully saturated rings. The average Bonchev–Trinajstić information content (AvgIpc) is 2.94. The van der Waals surface area contributed by atoms with Gasteiger partial charge in [0, 0.05) is 21.3 Å². The van der Waals surface area contributed by atoms with E-state index in [-0.39, 0.29) is 11.7 Å². The van der Waals surface area contributed by atoms with E-state index in [4.69, 9.17) is 10.3 Å². The number of aromatic hydroxyl groups is 1. The van der Waals surface area contributed by atoms with Gasteiger partial charge in [0.2, 0.25) is 5.82 Å². The number of rotatable bonds is 2. The van der Waals surface area contributed by atoms with Crippen molar-refractivity contribution in [2.45, 2.75) is 0 Å². The maximum atomic E-state index is 13.3. The topological polar surface area (TPSA) is 85.2 Å². The van der Waals surface area contributed by atoms with E-state index < -0.39 is 11.6 Å². The smallest absolute Gasteiger partial charge is 0.258 e. The summed E-state index contributed by atoms with van der Waals surface area (Å²) >= 11 is 3.30. The fraction of sp³-hybridized carbons (Fsp3) is 0. The predicted molar refractivity (Wildman–Crippen MR) is 78.9 cm³/mol. The van der Waals surface area contributed by atoms with E-state index >= 15 is 0 Å². The Morgan fingerprint density at radius 3 is 2.62 bits per heavy atom. The molecule has 0 spiro atoms. The van der Waals surface area contributed by atoms with Crippen LogP contribution < -0.4 is 5.73 Å². The predicted octanol–water partition coefficient (Wildman–Crippen LogP) is 3.59. The summed E-state index contributed by atoms with van der Waals surface area (Å²) in [4.78, 5) is 4.20. The van der Waals surface area contributed by atoms with Gasteiger partial charge in [0.25, 0.3) is 5.89 Å². The van der Waals surface area contributed by atoms with Gasteiger partial charge in [-0.1, -0.05) is 5.16 Å². The molecule has 0 saturated heterocycles. The van der Waals surface area contributed by atoms with Gasteiger partial charge in [-0.25, -0.2) is 4.39 Å². The molecule has 0 unspecified atom stereocenters. The highest BCUT2D eigenvalue weighted by Crippen LogP contribution is 2.28. The lowest BCUT2D eigenvalue weighted by Gasteiger charge is -1.99.